The zero-order valence-electron chi connectivity index (χ0n) is 14.2. The minimum absolute atomic E-state index is 0.0997. The number of carbonyl (C=O) groups excluding carboxylic acids is 2. The zero-order chi connectivity index (χ0) is 17.5. The number of hydrogen-bond donors (Lipinski definition) is 0. The molecule has 0 atom stereocenters. The highest BCUT2D eigenvalue weighted by Crippen LogP contribution is 2.12. The van der Waals surface area contributed by atoms with E-state index in [0.717, 1.165) is 38.8 Å². The van der Waals surface area contributed by atoms with Gasteiger partial charge >= 0.3 is 5.97 Å². The third kappa shape index (κ3) is 4.95. The van der Waals surface area contributed by atoms with Crippen LogP contribution in [-0.4, -0.2) is 46.3 Å². The van der Waals surface area contributed by atoms with E-state index in [9.17, 15) is 9.59 Å². The van der Waals surface area contributed by atoms with Crippen molar-refractivity contribution in [2.24, 2.45) is 0 Å². The average molecular weight is 345 g/mol. The number of furan rings is 1. The van der Waals surface area contributed by atoms with Crippen LogP contribution in [0.3, 0.4) is 0 Å². The molecule has 1 saturated heterocycles. The maximum Gasteiger partial charge on any atom is 0.374 e. The summed E-state index contributed by atoms with van der Waals surface area (Å²) in [6.07, 6.45) is 9.03. The van der Waals surface area contributed by atoms with Gasteiger partial charge < -0.3 is 14.1 Å². The van der Waals surface area contributed by atoms with E-state index in [4.69, 9.17) is 9.15 Å². The van der Waals surface area contributed by atoms with Gasteiger partial charge in [0.2, 0.25) is 5.76 Å². The minimum Gasteiger partial charge on any atom is -0.452 e. The van der Waals surface area contributed by atoms with Gasteiger partial charge in [0, 0.05) is 25.5 Å². The largest absolute Gasteiger partial charge is 0.452 e. The van der Waals surface area contributed by atoms with Gasteiger partial charge in [-0.3, -0.25) is 9.48 Å². The van der Waals surface area contributed by atoms with Crippen molar-refractivity contribution >= 4 is 11.9 Å². The molecule has 0 N–H and O–H groups in total. The lowest BCUT2D eigenvalue weighted by Gasteiger charge is -2.24. The Morgan fingerprint density at radius 3 is 2.60 bits per heavy atom. The predicted molar refractivity (Wildman–Crippen MR) is 90.0 cm³/mol. The molecular formula is C18H23N3O4. The van der Waals surface area contributed by atoms with Crippen LogP contribution in [0.5, 0.6) is 0 Å². The smallest absolute Gasteiger partial charge is 0.374 e. The van der Waals surface area contributed by atoms with Gasteiger partial charge in [0.05, 0.1) is 6.54 Å². The molecule has 7 heteroatoms. The van der Waals surface area contributed by atoms with Crippen molar-refractivity contribution in [2.75, 3.05) is 19.7 Å². The van der Waals surface area contributed by atoms with Crippen LogP contribution < -0.4 is 0 Å². The number of esters is 1. The summed E-state index contributed by atoms with van der Waals surface area (Å²) in [6, 6.07) is 5.08. The summed E-state index contributed by atoms with van der Waals surface area (Å²) in [5.41, 5.74) is 0. The summed E-state index contributed by atoms with van der Waals surface area (Å²) in [5, 5.41) is 4.08. The van der Waals surface area contributed by atoms with E-state index >= 15 is 0 Å². The topological polar surface area (TPSA) is 77.6 Å². The van der Waals surface area contributed by atoms with Gasteiger partial charge in [-0.2, -0.15) is 5.10 Å². The van der Waals surface area contributed by atoms with Crippen molar-refractivity contribution in [3.05, 3.63) is 42.1 Å². The summed E-state index contributed by atoms with van der Waals surface area (Å²) >= 11 is 0. The molecule has 134 valence electrons. The molecule has 0 unspecified atom stereocenters. The maximum atomic E-state index is 12.2. The molecule has 25 heavy (non-hydrogen) atoms. The lowest BCUT2D eigenvalue weighted by atomic mass is 10.1. The van der Waals surface area contributed by atoms with Crippen LogP contribution in [0.15, 0.2) is 35.0 Å². The fraction of sp³-hybridized carbons (Fsp3) is 0.500. The highest BCUT2D eigenvalue weighted by atomic mass is 16.5. The Morgan fingerprint density at radius 1 is 1.12 bits per heavy atom. The molecule has 2 aromatic rings. The Bertz CT molecular complexity index is 685. The minimum atomic E-state index is -0.618. The lowest BCUT2D eigenvalue weighted by molar-refractivity contribution is -0.134. The number of carbonyl (C=O) groups is 2. The molecule has 7 nitrogen and oxygen atoms in total. The summed E-state index contributed by atoms with van der Waals surface area (Å²) in [6.45, 7) is 1.68. The highest BCUT2D eigenvalue weighted by molar-refractivity contribution is 5.88. The van der Waals surface area contributed by atoms with Gasteiger partial charge in [0.25, 0.3) is 5.91 Å². The first-order chi connectivity index (χ1) is 12.2. The van der Waals surface area contributed by atoms with Gasteiger partial charge in [-0.15, -0.1) is 0 Å². The van der Waals surface area contributed by atoms with E-state index in [0.29, 0.717) is 12.3 Å². The molecule has 1 amide bonds. The van der Waals surface area contributed by atoms with E-state index in [1.54, 1.807) is 27.9 Å². The first kappa shape index (κ1) is 17.3. The van der Waals surface area contributed by atoms with Gasteiger partial charge in [-0.1, -0.05) is 19.3 Å². The monoisotopic (exact) mass is 345 g/mol. The van der Waals surface area contributed by atoms with Crippen molar-refractivity contribution in [3.8, 4) is 0 Å². The second-order valence-corrected chi connectivity index (χ2v) is 6.19. The second kappa shape index (κ2) is 8.50. The fourth-order valence-corrected chi connectivity index (χ4v) is 2.91. The molecular weight excluding hydrogens is 322 g/mol. The number of aromatic nitrogens is 2. The molecule has 3 rings (SSSR count). The van der Waals surface area contributed by atoms with E-state index in [-0.39, 0.29) is 18.3 Å². The zero-order valence-corrected chi connectivity index (χ0v) is 14.2. The molecule has 0 aromatic carbocycles. The van der Waals surface area contributed by atoms with Gasteiger partial charge in [0.1, 0.15) is 5.76 Å². The molecule has 0 bridgehead atoms. The molecule has 0 saturated carbocycles. The quantitative estimate of drug-likeness (QED) is 0.778. The van der Waals surface area contributed by atoms with Crippen LogP contribution in [0.1, 0.15) is 48.4 Å². The summed E-state index contributed by atoms with van der Waals surface area (Å²) in [5.74, 6) is -0.0564. The van der Waals surface area contributed by atoms with E-state index in [1.165, 1.54) is 6.42 Å². The van der Waals surface area contributed by atoms with Crippen LogP contribution in [-0.2, 0) is 16.1 Å². The molecule has 3 heterocycles. The fourth-order valence-electron chi connectivity index (χ4n) is 2.91. The summed E-state index contributed by atoms with van der Waals surface area (Å²) in [7, 11) is 0. The molecule has 0 radical (unpaired) electrons. The van der Waals surface area contributed by atoms with Crippen LogP contribution in [0.25, 0.3) is 0 Å². The Labute approximate surface area is 146 Å². The standard InChI is InChI=1S/C18H23N3O4/c22-17(20-10-4-2-1-3-5-11-20)14-24-18(23)16-8-7-15(25-16)13-21-12-6-9-19-21/h6-9,12H,1-5,10-11,13-14H2. The third-order valence-electron chi connectivity index (χ3n) is 4.28. The maximum absolute atomic E-state index is 12.2. The molecule has 1 fully saturated rings. The molecule has 1 aliphatic heterocycles. The van der Waals surface area contributed by atoms with Crippen LogP contribution in [0, 0.1) is 0 Å². The third-order valence-corrected chi connectivity index (χ3v) is 4.28. The van der Waals surface area contributed by atoms with Crippen molar-refractivity contribution in [1.29, 1.82) is 0 Å². The van der Waals surface area contributed by atoms with Crippen LogP contribution >= 0.6 is 0 Å². The molecule has 1 aliphatic rings. The second-order valence-electron chi connectivity index (χ2n) is 6.19. The van der Waals surface area contributed by atoms with E-state index < -0.39 is 5.97 Å². The number of likely N-dealkylation sites (tertiary alicyclic amines) is 1. The van der Waals surface area contributed by atoms with E-state index in [2.05, 4.69) is 5.10 Å². The lowest BCUT2D eigenvalue weighted by Crippen LogP contribution is -2.36. The number of amides is 1. The Morgan fingerprint density at radius 2 is 1.88 bits per heavy atom. The summed E-state index contributed by atoms with van der Waals surface area (Å²) in [4.78, 5) is 26.1. The van der Waals surface area contributed by atoms with Gasteiger partial charge in [0.15, 0.2) is 6.61 Å². The van der Waals surface area contributed by atoms with Crippen molar-refractivity contribution in [3.63, 3.8) is 0 Å². The molecule has 0 aliphatic carbocycles. The highest BCUT2D eigenvalue weighted by Gasteiger charge is 2.19. The average Bonchev–Trinajstić information content (AvgIpc) is 3.24. The number of rotatable bonds is 5. The van der Waals surface area contributed by atoms with E-state index in [1.807, 2.05) is 12.3 Å². The van der Waals surface area contributed by atoms with Crippen LogP contribution in [0.4, 0.5) is 0 Å². The first-order valence-corrected chi connectivity index (χ1v) is 8.73. The van der Waals surface area contributed by atoms with Crippen molar-refractivity contribution < 1.29 is 18.7 Å². The molecule has 2 aromatic heterocycles. The van der Waals surface area contributed by atoms with Crippen LogP contribution in [0.2, 0.25) is 0 Å². The molecule has 0 spiro atoms. The Kier molecular flexibility index (Phi) is 5.87. The number of nitrogens with zero attached hydrogens (tertiary/aromatic N) is 3. The first-order valence-electron chi connectivity index (χ1n) is 8.73. The Balaban J connectivity index is 1.48. The SMILES string of the molecule is O=C(OCC(=O)N1CCCCCCC1)c1ccc(Cn2cccn2)o1. The number of ether oxygens (including phenoxy) is 1. The van der Waals surface area contributed by atoms with Crippen molar-refractivity contribution in [2.45, 2.75) is 38.6 Å². The van der Waals surface area contributed by atoms with Gasteiger partial charge in [-0.25, -0.2) is 4.79 Å². The number of hydrogen-bond acceptors (Lipinski definition) is 5. The normalized spacial score (nSPS) is 15.4. The van der Waals surface area contributed by atoms with Gasteiger partial charge in [-0.05, 0) is 31.0 Å². The Hall–Kier alpha value is -2.57. The summed E-state index contributed by atoms with van der Waals surface area (Å²) < 4.78 is 12.3. The van der Waals surface area contributed by atoms with Crippen molar-refractivity contribution in [1.82, 2.24) is 14.7 Å². The predicted octanol–water partition coefficient (Wildman–Crippen LogP) is 2.47.